The van der Waals surface area contributed by atoms with Crippen molar-refractivity contribution in [3.63, 3.8) is 0 Å². The summed E-state index contributed by atoms with van der Waals surface area (Å²) in [7, 11) is 0. The number of carbonyl (C=O) groups is 1. The van der Waals surface area contributed by atoms with Gasteiger partial charge in [0.25, 0.3) is 5.91 Å². The Morgan fingerprint density at radius 3 is 2.57 bits per heavy atom. The molecule has 0 bridgehead atoms. The molecule has 3 aromatic rings. The smallest absolute Gasteiger partial charge is 0.260 e. The molecule has 2 heterocycles. The van der Waals surface area contributed by atoms with E-state index in [4.69, 9.17) is 9.72 Å². The van der Waals surface area contributed by atoms with E-state index in [2.05, 4.69) is 32.0 Å². The highest BCUT2D eigenvalue weighted by Gasteiger charge is 2.25. The molecule has 1 amide bonds. The van der Waals surface area contributed by atoms with Crippen LogP contribution < -0.4 is 9.80 Å². The molecule has 0 spiro atoms. The zero-order chi connectivity index (χ0) is 21.3. The van der Waals surface area contributed by atoms with E-state index in [9.17, 15) is 4.79 Å². The molecule has 0 aliphatic carbocycles. The number of thiazole rings is 1. The lowest BCUT2D eigenvalue weighted by Crippen LogP contribution is -3.14. The van der Waals surface area contributed by atoms with Gasteiger partial charge in [0, 0.05) is 5.56 Å². The maximum absolute atomic E-state index is 13.7. The molecule has 0 radical (unpaired) electrons. The number of aryl methyl sites for hydroxylation is 4. The molecule has 1 aromatic heterocycles. The van der Waals surface area contributed by atoms with Crippen molar-refractivity contribution >= 4 is 32.6 Å². The molecule has 1 aliphatic heterocycles. The number of carbonyl (C=O) groups excluding carboxylic acids is 1. The van der Waals surface area contributed by atoms with Crippen LogP contribution in [0, 0.1) is 27.7 Å². The number of hydrogen-bond acceptors (Lipinski definition) is 4. The van der Waals surface area contributed by atoms with Gasteiger partial charge in [0.1, 0.15) is 13.1 Å². The Balaban J connectivity index is 1.69. The maximum atomic E-state index is 13.7. The first-order valence-corrected chi connectivity index (χ1v) is 11.4. The molecule has 1 saturated heterocycles. The van der Waals surface area contributed by atoms with E-state index in [-0.39, 0.29) is 5.91 Å². The van der Waals surface area contributed by atoms with Crippen molar-refractivity contribution in [1.82, 2.24) is 4.98 Å². The third kappa shape index (κ3) is 4.41. The van der Waals surface area contributed by atoms with Gasteiger partial charge < -0.3 is 9.64 Å². The first-order valence-electron chi connectivity index (χ1n) is 10.6. The fraction of sp³-hybridized carbons (Fsp3) is 0.417. The van der Waals surface area contributed by atoms with Crippen LogP contribution >= 0.6 is 11.3 Å². The average molecular weight is 425 g/mol. The molecule has 6 heteroatoms. The van der Waals surface area contributed by atoms with E-state index in [0.717, 1.165) is 64.9 Å². The Kier molecular flexibility index (Phi) is 6.18. The van der Waals surface area contributed by atoms with Gasteiger partial charge in [0.05, 0.1) is 36.5 Å². The number of quaternary nitrogens is 1. The number of anilines is 1. The average Bonchev–Trinajstić information content (AvgIpc) is 3.13. The molecule has 0 atom stereocenters. The van der Waals surface area contributed by atoms with Gasteiger partial charge in [-0.3, -0.25) is 9.69 Å². The summed E-state index contributed by atoms with van der Waals surface area (Å²) < 4.78 is 6.62. The highest BCUT2D eigenvalue weighted by Crippen LogP contribution is 2.31. The summed E-state index contributed by atoms with van der Waals surface area (Å²) in [5.74, 6) is 0.0383. The third-order valence-corrected chi connectivity index (χ3v) is 7.02. The molecular weight excluding hydrogens is 394 g/mol. The van der Waals surface area contributed by atoms with E-state index in [1.54, 1.807) is 11.3 Å². The van der Waals surface area contributed by atoms with E-state index in [1.165, 1.54) is 16.0 Å². The van der Waals surface area contributed by atoms with Crippen LogP contribution in [-0.2, 0) is 4.74 Å². The van der Waals surface area contributed by atoms with E-state index in [0.29, 0.717) is 6.54 Å². The van der Waals surface area contributed by atoms with E-state index in [1.807, 2.05) is 30.9 Å². The highest BCUT2D eigenvalue weighted by atomic mass is 32.1. The molecule has 4 rings (SSSR count). The summed E-state index contributed by atoms with van der Waals surface area (Å²) >= 11 is 1.61. The van der Waals surface area contributed by atoms with Gasteiger partial charge in [0.15, 0.2) is 5.13 Å². The minimum absolute atomic E-state index is 0.0383. The number of aromatic nitrogens is 1. The van der Waals surface area contributed by atoms with Crippen LogP contribution in [0.1, 0.15) is 32.6 Å². The number of ether oxygens (including phenoxy) is 1. The van der Waals surface area contributed by atoms with Crippen molar-refractivity contribution < 1.29 is 14.4 Å². The van der Waals surface area contributed by atoms with Crippen molar-refractivity contribution in [3.8, 4) is 0 Å². The molecule has 158 valence electrons. The Bertz CT molecular complexity index is 1030. The summed E-state index contributed by atoms with van der Waals surface area (Å²) in [6.07, 6.45) is 0. The molecule has 1 aliphatic rings. The van der Waals surface area contributed by atoms with Crippen molar-refractivity contribution in [2.24, 2.45) is 0 Å². The lowest BCUT2D eigenvalue weighted by molar-refractivity contribution is -0.906. The first-order chi connectivity index (χ1) is 14.4. The molecule has 5 nitrogen and oxygen atoms in total. The molecule has 1 N–H and O–H groups in total. The Morgan fingerprint density at radius 2 is 1.80 bits per heavy atom. The van der Waals surface area contributed by atoms with Crippen LogP contribution in [0.3, 0.4) is 0 Å². The number of nitrogens with zero attached hydrogens (tertiary/aromatic N) is 2. The van der Waals surface area contributed by atoms with Gasteiger partial charge in [-0.2, -0.15) is 0 Å². The summed E-state index contributed by atoms with van der Waals surface area (Å²) in [6.45, 7) is 13.4. The van der Waals surface area contributed by atoms with Gasteiger partial charge in [0.2, 0.25) is 0 Å². The second kappa shape index (κ2) is 8.84. The van der Waals surface area contributed by atoms with Gasteiger partial charge >= 0.3 is 0 Å². The number of amides is 1. The quantitative estimate of drug-likeness (QED) is 0.685. The van der Waals surface area contributed by atoms with Gasteiger partial charge in [-0.25, -0.2) is 4.98 Å². The lowest BCUT2D eigenvalue weighted by Gasteiger charge is -2.27. The van der Waals surface area contributed by atoms with Crippen LogP contribution in [0.4, 0.5) is 5.13 Å². The second-order valence-corrected chi connectivity index (χ2v) is 9.30. The SMILES string of the molecule is Cc1ccc(C)c(C(=O)N(CC[NH+]2CCOCC2)c2nc3cc(C)c(C)cc3s2)c1. The highest BCUT2D eigenvalue weighted by molar-refractivity contribution is 7.22. The number of morpholine rings is 1. The fourth-order valence-corrected chi connectivity index (χ4v) is 4.93. The maximum Gasteiger partial charge on any atom is 0.260 e. The van der Waals surface area contributed by atoms with Gasteiger partial charge in [-0.15, -0.1) is 0 Å². The monoisotopic (exact) mass is 424 g/mol. The van der Waals surface area contributed by atoms with Crippen molar-refractivity contribution in [2.75, 3.05) is 44.3 Å². The first kappa shape index (κ1) is 21.0. The Morgan fingerprint density at radius 1 is 1.07 bits per heavy atom. The van der Waals surface area contributed by atoms with Gasteiger partial charge in [-0.05, 0) is 62.6 Å². The lowest BCUT2D eigenvalue weighted by atomic mass is 10.0. The Hall–Kier alpha value is -2.28. The minimum atomic E-state index is 0.0383. The predicted octanol–water partition coefficient (Wildman–Crippen LogP) is 3.09. The Labute approximate surface area is 182 Å². The number of benzene rings is 2. The summed E-state index contributed by atoms with van der Waals surface area (Å²) in [6, 6.07) is 10.4. The van der Waals surface area contributed by atoms with E-state index < -0.39 is 0 Å². The van der Waals surface area contributed by atoms with Crippen LogP contribution in [0.2, 0.25) is 0 Å². The number of fused-ring (bicyclic) bond motifs is 1. The minimum Gasteiger partial charge on any atom is -0.370 e. The second-order valence-electron chi connectivity index (χ2n) is 8.29. The predicted molar refractivity (Wildman–Crippen MR) is 123 cm³/mol. The van der Waals surface area contributed by atoms with E-state index >= 15 is 0 Å². The molecular formula is C24H30N3O2S+. The zero-order valence-corrected chi connectivity index (χ0v) is 19.1. The fourth-order valence-electron chi connectivity index (χ4n) is 3.86. The number of nitrogens with one attached hydrogen (secondary N) is 1. The summed E-state index contributed by atoms with van der Waals surface area (Å²) in [4.78, 5) is 21.9. The molecule has 2 aromatic carbocycles. The molecule has 0 unspecified atom stereocenters. The van der Waals surface area contributed by atoms with Gasteiger partial charge in [-0.1, -0.05) is 29.0 Å². The van der Waals surface area contributed by atoms with Crippen LogP contribution in [-0.4, -0.2) is 50.3 Å². The van der Waals surface area contributed by atoms with Crippen LogP contribution in [0.25, 0.3) is 10.2 Å². The molecule has 30 heavy (non-hydrogen) atoms. The largest absolute Gasteiger partial charge is 0.370 e. The summed E-state index contributed by atoms with van der Waals surface area (Å²) in [5, 5.41) is 0.786. The van der Waals surface area contributed by atoms with Crippen LogP contribution in [0.15, 0.2) is 30.3 Å². The normalized spacial score (nSPS) is 14.9. The summed E-state index contributed by atoms with van der Waals surface area (Å²) in [5.41, 5.74) is 6.31. The van der Waals surface area contributed by atoms with Crippen molar-refractivity contribution in [3.05, 3.63) is 58.1 Å². The van der Waals surface area contributed by atoms with Crippen LogP contribution in [0.5, 0.6) is 0 Å². The van der Waals surface area contributed by atoms with Crippen molar-refractivity contribution in [2.45, 2.75) is 27.7 Å². The number of rotatable bonds is 5. The third-order valence-electron chi connectivity index (χ3n) is 5.98. The molecule has 1 fully saturated rings. The number of hydrogen-bond donors (Lipinski definition) is 1. The standard InChI is InChI=1S/C24H29N3O2S/c1-16-5-6-17(2)20(13-16)23(28)27(8-7-26-9-11-29-12-10-26)24-25-21-14-18(3)19(4)15-22(21)30-24/h5-6,13-15H,7-12H2,1-4H3/p+1. The van der Waals surface area contributed by atoms with Crippen molar-refractivity contribution in [1.29, 1.82) is 0 Å². The zero-order valence-electron chi connectivity index (χ0n) is 18.2. The topological polar surface area (TPSA) is 46.9 Å². The molecule has 0 saturated carbocycles.